The van der Waals surface area contributed by atoms with E-state index in [1.807, 2.05) is 36.5 Å². The highest BCUT2D eigenvalue weighted by atomic mass is 16.4. The molecule has 5 rings (SSSR count). The van der Waals surface area contributed by atoms with Gasteiger partial charge in [0, 0.05) is 47.9 Å². The lowest BCUT2D eigenvalue weighted by atomic mass is 10.0. The van der Waals surface area contributed by atoms with Crippen LogP contribution in [0.15, 0.2) is 72.0 Å². The predicted molar refractivity (Wildman–Crippen MR) is 132 cm³/mol. The van der Waals surface area contributed by atoms with E-state index in [1.165, 1.54) is 12.5 Å². The zero-order chi connectivity index (χ0) is 23.9. The van der Waals surface area contributed by atoms with Gasteiger partial charge in [-0.05, 0) is 67.8 Å². The van der Waals surface area contributed by atoms with Crippen molar-refractivity contribution in [1.29, 1.82) is 0 Å². The molecule has 0 unspecified atom stereocenters. The number of piperidine rings is 1. The fraction of sp³-hybridized carbons (Fsp3) is 0.269. The maximum atomic E-state index is 12.5. The van der Waals surface area contributed by atoms with Gasteiger partial charge in [-0.2, -0.15) is 5.10 Å². The van der Waals surface area contributed by atoms with Gasteiger partial charge in [0.05, 0.1) is 12.2 Å². The monoisotopic (exact) mass is 469 g/mol. The summed E-state index contributed by atoms with van der Waals surface area (Å²) >= 11 is 0. The molecule has 35 heavy (non-hydrogen) atoms. The number of nitrogens with one attached hydrogen (secondary N) is 2. The molecule has 1 aromatic carbocycles. The Kier molecular flexibility index (Phi) is 7.05. The molecule has 0 spiro atoms. The summed E-state index contributed by atoms with van der Waals surface area (Å²) in [5.41, 5.74) is 4.73. The summed E-state index contributed by atoms with van der Waals surface area (Å²) in [6, 6.07) is 10.1. The number of pyridine rings is 1. The third-order valence-electron chi connectivity index (χ3n) is 6.12. The Morgan fingerprint density at radius 2 is 2.00 bits per heavy atom. The number of aromatic nitrogens is 5. The van der Waals surface area contributed by atoms with Crippen molar-refractivity contribution < 1.29 is 9.21 Å². The van der Waals surface area contributed by atoms with Crippen molar-refractivity contribution in [1.82, 2.24) is 30.3 Å². The van der Waals surface area contributed by atoms with Crippen LogP contribution >= 0.6 is 0 Å². The SMILES string of the molecule is O=C(/C=C/c1cnccc1-c1cnn(C2CCNCC2)c1)Nc1ccc(CCc2nnco2)cc1. The van der Waals surface area contributed by atoms with Crippen LogP contribution < -0.4 is 10.6 Å². The Hall–Kier alpha value is -4.11. The Balaban J connectivity index is 1.21. The molecule has 0 saturated carbocycles. The number of aryl methyl sites for hydroxylation is 2. The van der Waals surface area contributed by atoms with Gasteiger partial charge in [0.15, 0.2) is 0 Å². The Bertz CT molecular complexity index is 1270. The third kappa shape index (κ3) is 5.88. The van der Waals surface area contributed by atoms with E-state index in [9.17, 15) is 4.79 Å². The van der Waals surface area contributed by atoms with Gasteiger partial charge in [-0.1, -0.05) is 12.1 Å². The largest absolute Gasteiger partial charge is 0.428 e. The summed E-state index contributed by atoms with van der Waals surface area (Å²) in [7, 11) is 0. The molecule has 1 aliphatic rings. The van der Waals surface area contributed by atoms with Crippen LogP contribution in [-0.2, 0) is 17.6 Å². The third-order valence-corrected chi connectivity index (χ3v) is 6.12. The first kappa shape index (κ1) is 22.7. The lowest BCUT2D eigenvalue weighted by molar-refractivity contribution is -0.111. The normalized spacial score (nSPS) is 14.4. The van der Waals surface area contributed by atoms with Gasteiger partial charge in [-0.15, -0.1) is 10.2 Å². The average Bonchev–Trinajstić information content (AvgIpc) is 3.61. The van der Waals surface area contributed by atoms with Crippen molar-refractivity contribution >= 4 is 17.7 Å². The lowest BCUT2D eigenvalue weighted by Gasteiger charge is -2.22. The van der Waals surface area contributed by atoms with Crippen LogP contribution in [-0.4, -0.2) is 44.0 Å². The minimum absolute atomic E-state index is 0.205. The molecular weight excluding hydrogens is 442 g/mol. The van der Waals surface area contributed by atoms with E-state index >= 15 is 0 Å². The van der Waals surface area contributed by atoms with E-state index in [0.29, 0.717) is 18.4 Å². The molecule has 2 N–H and O–H groups in total. The number of amides is 1. The molecule has 9 nitrogen and oxygen atoms in total. The number of nitrogens with zero attached hydrogens (tertiary/aromatic N) is 5. The summed E-state index contributed by atoms with van der Waals surface area (Å²) in [5.74, 6) is 0.407. The van der Waals surface area contributed by atoms with Gasteiger partial charge in [0.25, 0.3) is 0 Å². The highest BCUT2D eigenvalue weighted by molar-refractivity contribution is 6.02. The molecular formula is C26H27N7O2. The molecule has 1 amide bonds. The van der Waals surface area contributed by atoms with Gasteiger partial charge < -0.3 is 15.1 Å². The maximum absolute atomic E-state index is 12.5. The summed E-state index contributed by atoms with van der Waals surface area (Å²) < 4.78 is 7.22. The second-order valence-corrected chi connectivity index (χ2v) is 8.51. The molecule has 0 atom stereocenters. The molecule has 4 heterocycles. The van der Waals surface area contributed by atoms with E-state index in [-0.39, 0.29) is 5.91 Å². The molecule has 1 fully saturated rings. The first-order valence-corrected chi connectivity index (χ1v) is 11.8. The summed E-state index contributed by atoms with van der Waals surface area (Å²) in [5, 5.41) is 18.5. The predicted octanol–water partition coefficient (Wildman–Crippen LogP) is 3.69. The Morgan fingerprint density at radius 3 is 2.80 bits per heavy atom. The topological polar surface area (TPSA) is 111 Å². The van der Waals surface area contributed by atoms with E-state index in [1.54, 1.807) is 18.5 Å². The van der Waals surface area contributed by atoms with E-state index < -0.39 is 0 Å². The Labute approximate surface area is 203 Å². The number of carbonyl (C=O) groups excluding carboxylic acids is 1. The van der Waals surface area contributed by atoms with Crippen molar-refractivity contribution in [2.45, 2.75) is 31.7 Å². The van der Waals surface area contributed by atoms with Crippen LogP contribution in [0, 0.1) is 0 Å². The number of anilines is 1. The second kappa shape index (κ2) is 10.9. The molecule has 1 aliphatic heterocycles. The quantitative estimate of drug-likeness (QED) is 0.379. The number of carbonyl (C=O) groups is 1. The molecule has 178 valence electrons. The van der Waals surface area contributed by atoms with E-state index in [4.69, 9.17) is 4.42 Å². The fourth-order valence-corrected chi connectivity index (χ4v) is 4.21. The van der Waals surface area contributed by atoms with Crippen molar-refractivity contribution in [2.75, 3.05) is 18.4 Å². The van der Waals surface area contributed by atoms with Crippen LogP contribution in [0.5, 0.6) is 0 Å². The van der Waals surface area contributed by atoms with Crippen LogP contribution in [0.2, 0.25) is 0 Å². The number of hydrogen-bond acceptors (Lipinski definition) is 7. The van der Waals surface area contributed by atoms with Crippen LogP contribution in [0.3, 0.4) is 0 Å². The fourth-order valence-electron chi connectivity index (χ4n) is 4.21. The van der Waals surface area contributed by atoms with Gasteiger partial charge in [0.2, 0.25) is 18.2 Å². The first-order chi connectivity index (χ1) is 17.2. The maximum Gasteiger partial charge on any atom is 0.248 e. The summed E-state index contributed by atoms with van der Waals surface area (Å²) in [6.07, 6.45) is 15.8. The second-order valence-electron chi connectivity index (χ2n) is 8.51. The van der Waals surface area contributed by atoms with Crippen LogP contribution in [0.4, 0.5) is 5.69 Å². The summed E-state index contributed by atoms with van der Waals surface area (Å²) in [4.78, 5) is 16.8. The summed E-state index contributed by atoms with van der Waals surface area (Å²) in [6.45, 7) is 2.03. The van der Waals surface area contributed by atoms with Gasteiger partial charge in [0.1, 0.15) is 0 Å². The molecule has 3 aromatic heterocycles. The van der Waals surface area contributed by atoms with Crippen LogP contribution in [0.1, 0.15) is 35.9 Å². The van der Waals surface area contributed by atoms with Crippen LogP contribution in [0.25, 0.3) is 17.2 Å². The first-order valence-electron chi connectivity index (χ1n) is 11.8. The number of hydrogen-bond donors (Lipinski definition) is 2. The molecule has 0 aliphatic carbocycles. The Morgan fingerprint density at radius 1 is 1.14 bits per heavy atom. The van der Waals surface area contributed by atoms with Crippen molar-refractivity contribution in [2.24, 2.45) is 0 Å². The van der Waals surface area contributed by atoms with E-state index in [0.717, 1.165) is 60.3 Å². The molecule has 1 saturated heterocycles. The van der Waals surface area contributed by atoms with Crippen molar-refractivity contribution in [3.8, 4) is 11.1 Å². The van der Waals surface area contributed by atoms with Crippen molar-refractivity contribution in [3.05, 3.63) is 84.6 Å². The number of rotatable bonds is 8. The highest BCUT2D eigenvalue weighted by Crippen LogP contribution is 2.26. The van der Waals surface area contributed by atoms with E-state index in [2.05, 4.69) is 41.8 Å². The minimum Gasteiger partial charge on any atom is -0.428 e. The molecule has 4 aromatic rings. The van der Waals surface area contributed by atoms with Crippen molar-refractivity contribution in [3.63, 3.8) is 0 Å². The molecule has 0 bridgehead atoms. The number of benzene rings is 1. The highest BCUT2D eigenvalue weighted by Gasteiger charge is 2.16. The van der Waals surface area contributed by atoms with Gasteiger partial charge in [-0.3, -0.25) is 14.5 Å². The standard InChI is InChI=1S/C26H27N7O2/c34-25(31-22-5-1-19(2-6-22)3-8-26-32-29-18-35-26)7-4-20-15-28-14-11-24(20)21-16-30-33(17-21)23-9-12-27-13-10-23/h1-2,4-7,11,14-18,23,27H,3,8-10,12-13H2,(H,31,34)/b7-4+. The van der Waals surface area contributed by atoms with Gasteiger partial charge in [-0.25, -0.2) is 0 Å². The molecule has 9 heteroatoms. The zero-order valence-electron chi connectivity index (χ0n) is 19.3. The molecule has 0 radical (unpaired) electrons. The minimum atomic E-state index is -0.205. The van der Waals surface area contributed by atoms with Gasteiger partial charge >= 0.3 is 0 Å². The lowest BCUT2D eigenvalue weighted by Crippen LogP contribution is -2.29. The zero-order valence-corrected chi connectivity index (χ0v) is 19.3. The average molecular weight is 470 g/mol. The smallest absolute Gasteiger partial charge is 0.248 e.